The van der Waals surface area contributed by atoms with E-state index < -0.39 is 0 Å². The van der Waals surface area contributed by atoms with Crippen LogP contribution in [0.4, 0.5) is 0 Å². The number of fused-ring (bicyclic) bond motifs is 1. The van der Waals surface area contributed by atoms with Crippen LogP contribution in [0.1, 0.15) is 37.7 Å². The molecule has 166 valence electrons. The van der Waals surface area contributed by atoms with Crippen molar-refractivity contribution in [2.75, 3.05) is 6.54 Å². The van der Waals surface area contributed by atoms with Gasteiger partial charge in [-0.25, -0.2) is 4.98 Å². The molecule has 33 heavy (non-hydrogen) atoms. The molecule has 0 aliphatic heterocycles. The third-order valence-electron chi connectivity index (χ3n) is 5.11. The molecule has 0 saturated heterocycles. The average Bonchev–Trinajstić information content (AvgIpc) is 3.14. The van der Waals surface area contributed by atoms with E-state index in [1.165, 1.54) is 22.5 Å². The third kappa shape index (κ3) is 5.36. The fourth-order valence-corrected chi connectivity index (χ4v) is 5.47. The molecule has 5 nitrogen and oxygen atoms in total. The van der Waals surface area contributed by atoms with Gasteiger partial charge in [-0.3, -0.25) is 9.59 Å². The molecule has 0 fully saturated rings. The van der Waals surface area contributed by atoms with Crippen LogP contribution in [0.2, 0.25) is 0 Å². The number of rotatable bonds is 5. The van der Waals surface area contributed by atoms with Crippen LogP contribution in [0.15, 0.2) is 58.2 Å². The molecule has 0 unspecified atom stereocenters. The summed E-state index contributed by atoms with van der Waals surface area (Å²) in [6.45, 7) is 6.14. The first-order chi connectivity index (χ1) is 15.9. The maximum Gasteiger partial charge on any atom is 0.262 e. The van der Waals surface area contributed by atoms with Crippen LogP contribution in [0.5, 0.6) is 0 Å². The Balaban J connectivity index is 1.50. The molecule has 0 saturated carbocycles. The number of aromatic nitrogens is 2. The average molecular weight is 474 g/mol. The first kappa shape index (κ1) is 22.8. The number of H-pyrrole nitrogens is 1. The number of aryl methyl sites for hydroxylation is 3. The predicted octanol–water partition coefficient (Wildman–Crippen LogP) is 4.98. The molecule has 4 rings (SSSR count). The fraction of sp³-hybridized carbons (Fsp3) is 0.192. The Morgan fingerprint density at radius 3 is 2.73 bits per heavy atom. The molecule has 2 aromatic heterocycles. The van der Waals surface area contributed by atoms with Gasteiger partial charge in [-0.15, -0.1) is 23.1 Å². The van der Waals surface area contributed by atoms with Crippen LogP contribution in [0, 0.1) is 32.6 Å². The van der Waals surface area contributed by atoms with Crippen LogP contribution < -0.4 is 10.9 Å². The van der Waals surface area contributed by atoms with Gasteiger partial charge in [-0.1, -0.05) is 47.7 Å². The van der Waals surface area contributed by atoms with Gasteiger partial charge in [0.05, 0.1) is 22.6 Å². The summed E-state index contributed by atoms with van der Waals surface area (Å²) in [5, 5.41) is 3.29. The molecule has 4 aromatic rings. The third-order valence-corrected chi connectivity index (χ3v) is 7.46. The van der Waals surface area contributed by atoms with Gasteiger partial charge in [0.25, 0.3) is 11.5 Å². The van der Waals surface area contributed by atoms with E-state index in [1.54, 1.807) is 18.7 Å². The van der Waals surface area contributed by atoms with Crippen molar-refractivity contribution in [3.8, 4) is 11.8 Å². The number of hydrogen-bond donors (Lipinski definition) is 2. The second-order valence-corrected chi connectivity index (χ2v) is 9.67. The summed E-state index contributed by atoms with van der Waals surface area (Å²) >= 11 is 2.88. The van der Waals surface area contributed by atoms with Gasteiger partial charge in [0, 0.05) is 10.5 Å². The number of carbonyl (C=O) groups excluding carboxylic acids is 1. The maximum absolute atomic E-state index is 12.8. The van der Waals surface area contributed by atoms with E-state index in [1.807, 2.05) is 30.3 Å². The lowest BCUT2D eigenvalue weighted by Gasteiger charge is -2.06. The molecule has 2 N–H and O–H groups in total. The molecule has 0 aliphatic rings. The zero-order chi connectivity index (χ0) is 23.4. The lowest BCUT2D eigenvalue weighted by atomic mass is 10.2. The summed E-state index contributed by atoms with van der Waals surface area (Å²) in [6.07, 6.45) is 0. The van der Waals surface area contributed by atoms with E-state index in [0.29, 0.717) is 32.2 Å². The minimum absolute atomic E-state index is 0.215. The molecule has 0 aliphatic carbocycles. The number of benzene rings is 2. The first-order valence-electron chi connectivity index (χ1n) is 10.5. The number of aromatic amines is 1. The van der Waals surface area contributed by atoms with Crippen LogP contribution in [-0.4, -0.2) is 22.4 Å². The highest BCUT2D eigenvalue weighted by molar-refractivity contribution is 7.98. The molecule has 1 amide bonds. The number of amides is 1. The zero-order valence-electron chi connectivity index (χ0n) is 18.6. The molecule has 0 spiro atoms. The maximum atomic E-state index is 12.8. The topological polar surface area (TPSA) is 74.8 Å². The van der Waals surface area contributed by atoms with Crippen molar-refractivity contribution in [1.82, 2.24) is 15.3 Å². The number of thioether (sulfide) groups is 1. The quantitative estimate of drug-likeness (QED) is 0.317. The highest BCUT2D eigenvalue weighted by Gasteiger charge is 2.19. The lowest BCUT2D eigenvalue weighted by Crippen LogP contribution is -2.23. The van der Waals surface area contributed by atoms with Crippen molar-refractivity contribution in [3.05, 3.63) is 91.8 Å². The normalized spacial score (nSPS) is 10.6. The van der Waals surface area contributed by atoms with E-state index in [0.717, 1.165) is 10.5 Å². The van der Waals surface area contributed by atoms with Gasteiger partial charge >= 0.3 is 0 Å². The van der Waals surface area contributed by atoms with Crippen molar-refractivity contribution in [2.24, 2.45) is 0 Å². The molecule has 2 aromatic carbocycles. The summed E-state index contributed by atoms with van der Waals surface area (Å²) in [6, 6.07) is 15.9. The molecule has 7 heteroatoms. The Labute approximate surface area is 200 Å². The Bertz CT molecular complexity index is 1440. The molecular formula is C26H23N3O2S2. The standard InChI is InChI=1S/C26H23N3O2S2/c1-16-11-12-17(2)20(14-16)32-15-21-28-24(30)22-18(3)23(33-26(22)29-21)25(31)27-13-7-10-19-8-5-4-6-9-19/h4-6,8-9,11-12,14H,13,15H2,1-3H3,(H,27,31)(H,28,29,30). The second kappa shape index (κ2) is 10.1. The van der Waals surface area contributed by atoms with Crippen molar-refractivity contribution >= 4 is 39.2 Å². The monoisotopic (exact) mass is 473 g/mol. The van der Waals surface area contributed by atoms with E-state index in [2.05, 4.69) is 59.2 Å². The highest BCUT2D eigenvalue weighted by Crippen LogP contribution is 2.29. The number of nitrogens with one attached hydrogen (secondary N) is 2. The molecule has 0 bridgehead atoms. The Hall–Kier alpha value is -3.34. The van der Waals surface area contributed by atoms with Gasteiger partial charge in [0.1, 0.15) is 10.7 Å². The second-order valence-electron chi connectivity index (χ2n) is 7.66. The van der Waals surface area contributed by atoms with Crippen LogP contribution >= 0.6 is 23.1 Å². The minimum Gasteiger partial charge on any atom is -0.340 e. The van der Waals surface area contributed by atoms with Gasteiger partial charge in [0.2, 0.25) is 0 Å². The number of carbonyl (C=O) groups is 1. The smallest absolute Gasteiger partial charge is 0.262 e. The van der Waals surface area contributed by atoms with Crippen molar-refractivity contribution < 1.29 is 4.79 Å². The van der Waals surface area contributed by atoms with E-state index >= 15 is 0 Å². The Morgan fingerprint density at radius 1 is 1.15 bits per heavy atom. The molecule has 0 atom stereocenters. The lowest BCUT2D eigenvalue weighted by molar-refractivity contribution is 0.0962. The van der Waals surface area contributed by atoms with Crippen LogP contribution in [-0.2, 0) is 5.75 Å². The van der Waals surface area contributed by atoms with Gasteiger partial charge < -0.3 is 10.3 Å². The van der Waals surface area contributed by atoms with E-state index in [-0.39, 0.29) is 18.0 Å². The Kier molecular flexibility index (Phi) is 6.97. The largest absolute Gasteiger partial charge is 0.340 e. The summed E-state index contributed by atoms with van der Waals surface area (Å²) in [4.78, 5) is 35.2. The molecular weight excluding hydrogens is 450 g/mol. The van der Waals surface area contributed by atoms with Crippen molar-refractivity contribution in [1.29, 1.82) is 0 Å². The van der Waals surface area contributed by atoms with Gasteiger partial charge in [-0.05, 0) is 50.1 Å². The van der Waals surface area contributed by atoms with Crippen molar-refractivity contribution in [3.63, 3.8) is 0 Å². The van der Waals surface area contributed by atoms with Gasteiger partial charge in [0.15, 0.2) is 0 Å². The summed E-state index contributed by atoms with van der Waals surface area (Å²) in [5.41, 5.74) is 3.71. The van der Waals surface area contributed by atoms with E-state index in [4.69, 9.17) is 0 Å². The fourth-order valence-electron chi connectivity index (χ4n) is 3.35. The first-order valence-corrected chi connectivity index (χ1v) is 12.3. The van der Waals surface area contributed by atoms with Crippen LogP contribution in [0.3, 0.4) is 0 Å². The number of hydrogen-bond acceptors (Lipinski definition) is 5. The Morgan fingerprint density at radius 2 is 1.94 bits per heavy atom. The van der Waals surface area contributed by atoms with Crippen molar-refractivity contribution in [2.45, 2.75) is 31.4 Å². The number of nitrogens with zero attached hydrogens (tertiary/aromatic N) is 1. The van der Waals surface area contributed by atoms with E-state index in [9.17, 15) is 9.59 Å². The zero-order valence-corrected chi connectivity index (χ0v) is 20.2. The predicted molar refractivity (Wildman–Crippen MR) is 136 cm³/mol. The highest BCUT2D eigenvalue weighted by atomic mass is 32.2. The van der Waals surface area contributed by atoms with Gasteiger partial charge in [-0.2, -0.15) is 0 Å². The molecule has 0 radical (unpaired) electrons. The van der Waals surface area contributed by atoms with Crippen LogP contribution in [0.25, 0.3) is 10.2 Å². The molecule has 2 heterocycles. The summed E-state index contributed by atoms with van der Waals surface area (Å²) < 4.78 is 0. The number of thiophene rings is 1. The minimum atomic E-state index is -0.247. The summed E-state index contributed by atoms with van der Waals surface area (Å²) in [7, 11) is 0. The SMILES string of the molecule is Cc1ccc(C)c(SCc2nc3sc(C(=O)NCC#Cc4ccccc4)c(C)c3c(=O)[nH]2)c1. The summed E-state index contributed by atoms with van der Waals surface area (Å²) in [5.74, 6) is 6.86.